The fourth-order valence-corrected chi connectivity index (χ4v) is 4.30. The third-order valence-electron chi connectivity index (χ3n) is 6.08. The highest BCUT2D eigenvalue weighted by Crippen LogP contribution is 2.39. The molecular formula is C23H28FNO. The standard InChI is InChI=1S/C23H28FNO/c24-22-10-8-21(9-11-22)23(26,20-4-2-1-3-5-20)16-18-12-14-25(15-13-18)17-19-6-7-19/h1-5,8-11,18-19,26H,6-7,12-17H2. The Morgan fingerprint density at radius 2 is 1.46 bits per heavy atom. The van der Waals surface area contributed by atoms with Crippen LogP contribution in [0.4, 0.5) is 4.39 Å². The lowest BCUT2D eigenvalue weighted by atomic mass is 9.76. The van der Waals surface area contributed by atoms with Crippen LogP contribution >= 0.6 is 0 Å². The summed E-state index contributed by atoms with van der Waals surface area (Å²) in [5.41, 5.74) is 0.621. The summed E-state index contributed by atoms with van der Waals surface area (Å²) in [6.07, 6.45) is 5.75. The summed E-state index contributed by atoms with van der Waals surface area (Å²) >= 11 is 0. The molecule has 2 nitrogen and oxygen atoms in total. The maximum Gasteiger partial charge on any atom is 0.123 e. The second-order valence-corrected chi connectivity index (χ2v) is 8.12. The van der Waals surface area contributed by atoms with E-state index in [1.807, 2.05) is 30.3 Å². The molecule has 0 aromatic heterocycles. The molecule has 1 aliphatic heterocycles. The van der Waals surface area contributed by atoms with E-state index >= 15 is 0 Å². The number of hydrogen-bond donors (Lipinski definition) is 1. The number of benzene rings is 2. The van der Waals surface area contributed by atoms with Gasteiger partial charge in [0.15, 0.2) is 0 Å². The van der Waals surface area contributed by atoms with E-state index in [2.05, 4.69) is 4.90 Å². The predicted octanol–water partition coefficient (Wildman–Crippen LogP) is 4.57. The van der Waals surface area contributed by atoms with Gasteiger partial charge in [-0.15, -0.1) is 0 Å². The number of likely N-dealkylation sites (tertiary alicyclic amines) is 1. The van der Waals surface area contributed by atoms with Crippen molar-refractivity contribution >= 4 is 0 Å². The van der Waals surface area contributed by atoms with Gasteiger partial charge < -0.3 is 10.0 Å². The predicted molar refractivity (Wildman–Crippen MR) is 102 cm³/mol. The van der Waals surface area contributed by atoms with Gasteiger partial charge in [0.2, 0.25) is 0 Å². The molecule has 4 rings (SSSR count). The molecule has 26 heavy (non-hydrogen) atoms. The summed E-state index contributed by atoms with van der Waals surface area (Å²) in [7, 11) is 0. The SMILES string of the molecule is OC(CC1CCN(CC2CC2)CC1)(c1ccccc1)c1ccc(F)cc1. The van der Waals surface area contributed by atoms with Gasteiger partial charge in [-0.2, -0.15) is 0 Å². The molecule has 2 fully saturated rings. The number of aliphatic hydroxyl groups is 1. The summed E-state index contributed by atoms with van der Waals surface area (Å²) in [4.78, 5) is 2.59. The first-order chi connectivity index (χ1) is 12.6. The molecule has 138 valence electrons. The topological polar surface area (TPSA) is 23.5 Å². The maximum absolute atomic E-state index is 13.4. The Hall–Kier alpha value is -1.71. The first-order valence-electron chi connectivity index (χ1n) is 9.90. The molecule has 2 aromatic rings. The number of hydrogen-bond acceptors (Lipinski definition) is 2. The van der Waals surface area contributed by atoms with Crippen molar-refractivity contribution in [2.24, 2.45) is 11.8 Å². The van der Waals surface area contributed by atoms with E-state index in [4.69, 9.17) is 0 Å². The summed E-state index contributed by atoms with van der Waals surface area (Å²) in [5, 5.41) is 11.7. The van der Waals surface area contributed by atoms with Gasteiger partial charge in [-0.05, 0) is 80.3 Å². The van der Waals surface area contributed by atoms with Gasteiger partial charge in [0, 0.05) is 6.54 Å². The molecule has 1 atom stereocenters. The Kier molecular flexibility index (Phi) is 5.10. The fraction of sp³-hybridized carbons (Fsp3) is 0.478. The maximum atomic E-state index is 13.4. The molecule has 0 spiro atoms. The van der Waals surface area contributed by atoms with Crippen molar-refractivity contribution < 1.29 is 9.50 Å². The lowest BCUT2D eigenvalue weighted by molar-refractivity contribution is 0.0364. The van der Waals surface area contributed by atoms with Crippen LogP contribution in [-0.2, 0) is 5.60 Å². The zero-order valence-electron chi connectivity index (χ0n) is 15.3. The minimum absolute atomic E-state index is 0.266. The molecule has 3 heteroatoms. The van der Waals surface area contributed by atoms with E-state index in [1.165, 1.54) is 31.5 Å². The van der Waals surface area contributed by atoms with Crippen LogP contribution in [0.1, 0.15) is 43.2 Å². The van der Waals surface area contributed by atoms with E-state index in [9.17, 15) is 9.50 Å². The summed E-state index contributed by atoms with van der Waals surface area (Å²) < 4.78 is 13.4. The fourth-order valence-electron chi connectivity index (χ4n) is 4.30. The van der Waals surface area contributed by atoms with Crippen LogP contribution < -0.4 is 0 Å². The second-order valence-electron chi connectivity index (χ2n) is 8.12. The molecule has 1 heterocycles. The third-order valence-corrected chi connectivity index (χ3v) is 6.08. The minimum Gasteiger partial charge on any atom is -0.380 e. The van der Waals surface area contributed by atoms with Crippen LogP contribution in [0.5, 0.6) is 0 Å². The zero-order chi connectivity index (χ0) is 18.0. The van der Waals surface area contributed by atoms with Gasteiger partial charge in [0.05, 0.1) is 0 Å². The molecule has 1 N–H and O–H groups in total. The van der Waals surface area contributed by atoms with Crippen LogP contribution in [0.25, 0.3) is 0 Å². The van der Waals surface area contributed by atoms with Crippen molar-refractivity contribution in [1.29, 1.82) is 0 Å². The molecule has 2 aliphatic rings. The second kappa shape index (κ2) is 7.50. The monoisotopic (exact) mass is 353 g/mol. The first-order valence-corrected chi connectivity index (χ1v) is 9.90. The van der Waals surface area contributed by atoms with Gasteiger partial charge in [-0.3, -0.25) is 0 Å². The Morgan fingerprint density at radius 1 is 0.846 bits per heavy atom. The summed E-state index contributed by atoms with van der Waals surface area (Å²) in [6.45, 7) is 3.53. The van der Waals surface area contributed by atoms with Crippen molar-refractivity contribution in [2.75, 3.05) is 19.6 Å². The van der Waals surface area contributed by atoms with Gasteiger partial charge in [0.25, 0.3) is 0 Å². The van der Waals surface area contributed by atoms with Crippen LogP contribution in [0.2, 0.25) is 0 Å². The van der Waals surface area contributed by atoms with Gasteiger partial charge in [0.1, 0.15) is 11.4 Å². The third kappa shape index (κ3) is 3.99. The molecule has 1 unspecified atom stereocenters. The normalized spacial score (nSPS) is 21.5. The van der Waals surface area contributed by atoms with Crippen molar-refractivity contribution in [3.8, 4) is 0 Å². The Morgan fingerprint density at radius 3 is 2.08 bits per heavy atom. The lowest BCUT2D eigenvalue weighted by Gasteiger charge is -2.37. The largest absolute Gasteiger partial charge is 0.380 e. The molecule has 0 amide bonds. The first kappa shape index (κ1) is 17.7. The zero-order valence-corrected chi connectivity index (χ0v) is 15.3. The van der Waals surface area contributed by atoms with Crippen LogP contribution in [0.3, 0.4) is 0 Å². The Bertz CT molecular complexity index is 705. The quantitative estimate of drug-likeness (QED) is 0.822. The van der Waals surface area contributed by atoms with E-state index in [-0.39, 0.29) is 5.82 Å². The van der Waals surface area contributed by atoms with Gasteiger partial charge in [-0.1, -0.05) is 42.5 Å². The van der Waals surface area contributed by atoms with E-state index < -0.39 is 5.60 Å². The van der Waals surface area contributed by atoms with E-state index in [0.717, 1.165) is 43.0 Å². The number of rotatable bonds is 6. The number of piperidine rings is 1. The van der Waals surface area contributed by atoms with Gasteiger partial charge in [-0.25, -0.2) is 4.39 Å². The molecule has 2 aromatic carbocycles. The summed E-state index contributed by atoms with van der Waals surface area (Å²) in [5.74, 6) is 1.16. The van der Waals surface area contributed by atoms with Crippen LogP contribution in [0.15, 0.2) is 54.6 Å². The number of halogens is 1. The average Bonchev–Trinajstić information content (AvgIpc) is 3.48. The summed E-state index contributed by atoms with van der Waals surface area (Å²) in [6, 6.07) is 16.2. The number of nitrogens with zero attached hydrogens (tertiary/aromatic N) is 1. The van der Waals surface area contributed by atoms with Crippen molar-refractivity contribution in [3.63, 3.8) is 0 Å². The molecule has 1 aliphatic carbocycles. The van der Waals surface area contributed by atoms with Gasteiger partial charge >= 0.3 is 0 Å². The highest BCUT2D eigenvalue weighted by Gasteiger charge is 2.36. The Labute approximate surface area is 155 Å². The Balaban J connectivity index is 1.51. The molecular weight excluding hydrogens is 325 g/mol. The van der Waals surface area contributed by atoms with Crippen LogP contribution in [0, 0.1) is 17.7 Å². The molecule has 0 radical (unpaired) electrons. The van der Waals surface area contributed by atoms with E-state index in [0.29, 0.717) is 12.3 Å². The van der Waals surface area contributed by atoms with Crippen molar-refractivity contribution in [2.45, 2.75) is 37.7 Å². The molecule has 1 saturated heterocycles. The average molecular weight is 353 g/mol. The van der Waals surface area contributed by atoms with Crippen LogP contribution in [-0.4, -0.2) is 29.6 Å². The van der Waals surface area contributed by atoms with Crippen molar-refractivity contribution in [3.05, 3.63) is 71.5 Å². The minimum atomic E-state index is -1.06. The highest BCUT2D eigenvalue weighted by atomic mass is 19.1. The molecule has 1 saturated carbocycles. The highest BCUT2D eigenvalue weighted by molar-refractivity contribution is 5.36. The molecule has 0 bridgehead atoms. The van der Waals surface area contributed by atoms with Crippen molar-refractivity contribution in [1.82, 2.24) is 4.90 Å². The lowest BCUT2D eigenvalue weighted by Crippen LogP contribution is -2.38. The van der Waals surface area contributed by atoms with E-state index in [1.54, 1.807) is 12.1 Å². The smallest absolute Gasteiger partial charge is 0.123 e.